The van der Waals surface area contributed by atoms with Gasteiger partial charge in [-0.2, -0.15) is 0 Å². The zero-order chi connectivity index (χ0) is 13.1. The number of nitrogens with zero attached hydrogens (tertiary/aromatic N) is 1. The van der Waals surface area contributed by atoms with Gasteiger partial charge in [-0.25, -0.2) is 0 Å². The van der Waals surface area contributed by atoms with Gasteiger partial charge in [0, 0.05) is 23.1 Å². The summed E-state index contributed by atoms with van der Waals surface area (Å²) in [6.45, 7) is 2.79. The third kappa shape index (κ3) is 3.56. The molecule has 18 heavy (non-hydrogen) atoms. The van der Waals surface area contributed by atoms with Crippen LogP contribution in [0, 0.1) is 0 Å². The molecule has 1 aromatic rings. The van der Waals surface area contributed by atoms with Crippen LogP contribution in [0.15, 0.2) is 28.7 Å². The number of halogens is 1. The molecule has 1 N–H and O–H groups in total. The molecule has 0 amide bonds. The number of hydrogen-bond donors (Lipinski definition) is 1. The van der Waals surface area contributed by atoms with Gasteiger partial charge in [0.1, 0.15) is 0 Å². The van der Waals surface area contributed by atoms with Gasteiger partial charge < -0.3 is 5.11 Å². The highest BCUT2D eigenvalue weighted by Gasteiger charge is 2.32. The summed E-state index contributed by atoms with van der Waals surface area (Å²) in [6, 6.07) is 9.13. The van der Waals surface area contributed by atoms with E-state index < -0.39 is 5.97 Å². The summed E-state index contributed by atoms with van der Waals surface area (Å²) in [4.78, 5) is 13.0. The number of carboxylic acid groups (broad SMARTS) is 1. The maximum absolute atomic E-state index is 10.7. The van der Waals surface area contributed by atoms with Gasteiger partial charge >= 0.3 is 5.97 Å². The first-order chi connectivity index (χ1) is 8.58. The maximum atomic E-state index is 10.7. The Kier molecular flexibility index (Phi) is 4.40. The first-order valence-electron chi connectivity index (χ1n) is 6.31. The van der Waals surface area contributed by atoms with E-state index in [0.29, 0.717) is 12.6 Å². The summed E-state index contributed by atoms with van der Waals surface area (Å²) >= 11 is 3.43. The number of aliphatic carboxylic acids is 1. The second-order valence-corrected chi connectivity index (χ2v) is 5.76. The largest absolute Gasteiger partial charge is 0.481 e. The van der Waals surface area contributed by atoms with Gasteiger partial charge in [-0.05, 0) is 37.5 Å². The second-order valence-electron chi connectivity index (χ2n) is 4.84. The highest BCUT2D eigenvalue weighted by molar-refractivity contribution is 9.10. The third-order valence-electron chi connectivity index (χ3n) is 3.45. The van der Waals surface area contributed by atoms with Gasteiger partial charge in [0.25, 0.3) is 0 Å². The molecule has 0 radical (unpaired) electrons. The summed E-state index contributed by atoms with van der Waals surface area (Å²) in [6.07, 6.45) is 2.61. The Balaban J connectivity index is 2.05. The average Bonchev–Trinajstić information content (AvgIpc) is 3.14. The molecule has 0 spiro atoms. The van der Waals surface area contributed by atoms with Gasteiger partial charge in [-0.3, -0.25) is 9.69 Å². The Morgan fingerprint density at radius 2 is 2.06 bits per heavy atom. The quantitative estimate of drug-likeness (QED) is 0.874. The molecule has 1 unspecified atom stereocenters. The number of carboxylic acids is 1. The Morgan fingerprint density at radius 3 is 2.56 bits per heavy atom. The van der Waals surface area contributed by atoms with Gasteiger partial charge in [0.2, 0.25) is 0 Å². The normalized spacial score (nSPS) is 16.8. The molecule has 1 aromatic carbocycles. The summed E-state index contributed by atoms with van der Waals surface area (Å²) in [5.74, 6) is -0.719. The number of hydrogen-bond acceptors (Lipinski definition) is 2. The lowest BCUT2D eigenvalue weighted by atomic mass is 10.1. The minimum absolute atomic E-state index is 0.220. The van der Waals surface area contributed by atoms with Gasteiger partial charge in [-0.15, -0.1) is 0 Å². The molecule has 1 aliphatic carbocycles. The smallest absolute Gasteiger partial charge is 0.304 e. The van der Waals surface area contributed by atoms with E-state index in [2.05, 4.69) is 39.9 Å². The SMILES string of the molecule is CC(c1ccc(Br)cc1)N(CCC(=O)O)C1CC1. The van der Waals surface area contributed by atoms with Crippen molar-refractivity contribution in [1.29, 1.82) is 0 Å². The van der Waals surface area contributed by atoms with Crippen molar-refractivity contribution in [2.75, 3.05) is 6.54 Å². The van der Waals surface area contributed by atoms with Crippen LogP contribution in [0.5, 0.6) is 0 Å². The molecule has 3 nitrogen and oxygen atoms in total. The van der Waals surface area contributed by atoms with E-state index in [1.165, 1.54) is 18.4 Å². The van der Waals surface area contributed by atoms with Crippen LogP contribution in [-0.2, 0) is 4.79 Å². The summed E-state index contributed by atoms with van der Waals surface area (Å²) < 4.78 is 1.07. The molecule has 0 aliphatic heterocycles. The number of rotatable bonds is 6. The summed E-state index contributed by atoms with van der Waals surface area (Å²) in [5.41, 5.74) is 1.25. The van der Waals surface area contributed by atoms with Crippen LogP contribution in [0.4, 0.5) is 0 Å². The molecule has 1 atom stereocenters. The molecule has 0 saturated heterocycles. The lowest BCUT2D eigenvalue weighted by molar-refractivity contribution is -0.137. The Labute approximate surface area is 116 Å². The van der Waals surface area contributed by atoms with Crippen LogP contribution in [-0.4, -0.2) is 28.6 Å². The van der Waals surface area contributed by atoms with Crippen LogP contribution in [0.25, 0.3) is 0 Å². The molecular formula is C14H18BrNO2. The monoisotopic (exact) mass is 311 g/mol. The van der Waals surface area contributed by atoms with Crippen molar-refractivity contribution in [2.45, 2.75) is 38.3 Å². The van der Waals surface area contributed by atoms with Crippen LogP contribution in [0.3, 0.4) is 0 Å². The lowest BCUT2D eigenvalue weighted by Crippen LogP contribution is -2.31. The molecule has 0 heterocycles. The molecule has 0 bridgehead atoms. The molecule has 98 valence electrons. The van der Waals surface area contributed by atoms with E-state index >= 15 is 0 Å². The standard InChI is InChI=1S/C14H18BrNO2/c1-10(11-2-4-12(15)5-3-11)16(13-6-7-13)9-8-14(17)18/h2-5,10,13H,6-9H2,1H3,(H,17,18). The third-order valence-corrected chi connectivity index (χ3v) is 3.98. The zero-order valence-corrected chi connectivity index (χ0v) is 12.1. The van der Waals surface area contributed by atoms with E-state index in [-0.39, 0.29) is 12.5 Å². The maximum Gasteiger partial charge on any atom is 0.304 e. The molecule has 4 heteroatoms. The van der Waals surface area contributed by atoms with Crippen LogP contribution in [0.1, 0.15) is 37.8 Å². The van der Waals surface area contributed by atoms with Crippen molar-refractivity contribution in [2.24, 2.45) is 0 Å². The Bertz CT molecular complexity index is 414. The Hall–Kier alpha value is -0.870. The fourth-order valence-electron chi connectivity index (χ4n) is 2.26. The van der Waals surface area contributed by atoms with Crippen molar-refractivity contribution in [3.8, 4) is 0 Å². The molecule has 2 rings (SSSR count). The van der Waals surface area contributed by atoms with E-state index in [0.717, 1.165) is 4.47 Å². The van der Waals surface area contributed by atoms with Gasteiger partial charge in [0.05, 0.1) is 6.42 Å². The average molecular weight is 312 g/mol. The highest BCUT2D eigenvalue weighted by atomic mass is 79.9. The van der Waals surface area contributed by atoms with Crippen LogP contribution < -0.4 is 0 Å². The lowest BCUT2D eigenvalue weighted by Gasteiger charge is -2.29. The first kappa shape index (κ1) is 13.6. The minimum Gasteiger partial charge on any atom is -0.481 e. The van der Waals surface area contributed by atoms with Crippen molar-refractivity contribution in [3.63, 3.8) is 0 Å². The second kappa shape index (κ2) is 5.85. The fourth-order valence-corrected chi connectivity index (χ4v) is 2.52. The van der Waals surface area contributed by atoms with Gasteiger partial charge in [-0.1, -0.05) is 28.1 Å². The molecule has 1 saturated carbocycles. The van der Waals surface area contributed by atoms with Crippen molar-refractivity contribution in [1.82, 2.24) is 4.90 Å². The minimum atomic E-state index is -0.719. The molecule has 0 aromatic heterocycles. The van der Waals surface area contributed by atoms with E-state index in [4.69, 9.17) is 5.11 Å². The van der Waals surface area contributed by atoms with Crippen LogP contribution >= 0.6 is 15.9 Å². The summed E-state index contributed by atoms with van der Waals surface area (Å²) in [5, 5.41) is 8.82. The molecule has 1 fully saturated rings. The predicted molar refractivity (Wildman–Crippen MR) is 74.5 cm³/mol. The van der Waals surface area contributed by atoms with Crippen LogP contribution in [0.2, 0.25) is 0 Å². The predicted octanol–water partition coefficient (Wildman–Crippen LogP) is 3.45. The number of benzene rings is 1. The van der Waals surface area contributed by atoms with E-state index in [1.807, 2.05) is 12.1 Å². The zero-order valence-electron chi connectivity index (χ0n) is 10.5. The summed E-state index contributed by atoms with van der Waals surface area (Å²) in [7, 11) is 0. The first-order valence-corrected chi connectivity index (χ1v) is 7.10. The van der Waals surface area contributed by atoms with Gasteiger partial charge in [0.15, 0.2) is 0 Å². The van der Waals surface area contributed by atoms with Crippen molar-refractivity contribution in [3.05, 3.63) is 34.3 Å². The topological polar surface area (TPSA) is 40.5 Å². The fraction of sp³-hybridized carbons (Fsp3) is 0.500. The van der Waals surface area contributed by atoms with Crippen molar-refractivity contribution >= 4 is 21.9 Å². The molecule has 1 aliphatic rings. The molecular weight excluding hydrogens is 294 g/mol. The Morgan fingerprint density at radius 1 is 1.44 bits per heavy atom. The van der Waals surface area contributed by atoms with E-state index in [9.17, 15) is 4.79 Å². The highest BCUT2D eigenvalue weighted by Crippen LogP contribution is 2.34. The number of carbonyl (C=O) groups is 1. The van der Waals surface area contributed by atoms with Crippen molar-refractivity contribution < 1.29 is 9.90 Å². The van der Waals surface area contributed by atoms with E-state index in [1.54, 1.807) is 0 Å².